The van der Waals surface area contributed by atoms with E-state index in [2.05, 4.69) is 35.2 Å². The van der Waals surface area contributed by atoms with Gasteiger partial charge in [-0.3, -0.25) is 4.79 Å². The molecule has 0 unspecified atom stereocenters. The van der Waals surface area contributed by atoms with E-state index in [4.69, 9.17) is 0 Å². The fraction of sp³-hybridized carbons (Fsp3) is 0.389. The van der Waals surface area contributed by atoms with Crippen molar-refractivity contribution in [2.75, 3.05) is 43.4 Å². The smallest absolute Gasteiger partial charge is 0.248 e. The second kappa shape index (κ2) is 7.80. The molecular formula is C18H25N3O. The monoisotopic (exact) mass is 299 g/mol. The number of carbonyl (C=O) groups is 1. The highest BCUT2D eigenvalue weighted by molar-refractivity contribution is 5.99. The first-order chi connectivity index (χ1) is 10.6. The average Bonchev–Trinajstić information content (AvgIpc) is 2.49. The van der Waals surface area contributed by atoms with E-state index in [1.54, 1.807) is 6.08 Å². The van der Waals surface area contributed by atoms with Gasteiger partial charge in [0.05, 0.1) is 0 Å². The molecule has 0 aliphatic carbocycles. The first-order valence-electron chi connectivity index (χ1n) is 7.74. The van der Waals surface area contributed by atoms with E-state index < -0.39 is 0 Å². The molecule has 1 fully saturated rings. The molecule has 0 bridgehead atoms. The number of piperazine rings is 1. The predicted molar refractivity (Wildman–Crippen MR) is 93.5 cm³/mol. The molecule has 22 heavy (non-hydrogen) atoms. The third kappa shape index (κ3) is 4.46. The second-order valence-electron chi connectivity index (χ2n) is 5.67. The minimum Gasteiger partial charge on any atom is -0.369 e. The Morgan fingerprint density at radius 2 is 1.91 bits per heavy atom. The molecule has 118 valence electrons. The molecular weight excluding hydrogens is 274 g/mol. The lowest BCUT2D eigenvalue weighted by Crippen LogP contribution is -2.44. The number of allylic oxidation sites excluding steroid dienone is 3. The van der Waals surface area contributed by atoms with Crippen LogP contribution in [0.3, 0.4) is 0 Å². The van der Waals surface area contributed by atoms with Crippen molar-refractivity contribution >= 4 is 17.3 Å². The molecule has 0 atom stereocenters. The van der Waals surface area contributed by atoms with Crippen molar-refractivity contribution in [3.05, 3.63) is 48.1 Å². The number of anilines is 2. The summed E-state index contributed by atoms with van der Waals surface area (Å²) in [5, 5.41) is 2.89. The van der Waals surface area contributed by atoms with Crippen LogP contribution in [0.25, 0.3) is 0 Å². The summed E-state index contributed by atoms with van der Waals surface area (Å²) in [4.78, 5) is 16.5. The number of benzene rings is 1. The minimum absolute atomic E-state index is 0.107. The summed E-state index contributed by atoms with van der Waals surface area (Å²) in [7, 11) is 2.16. The van der Waals surface area contributed by atoms with Crippen LogP contribution in [-0.2, 0) is 4.79 Å². The van der Waals surface area contributed by atoms with Crippen LogP contribution in [0.15, 0.2) is 42.5 Å². The highest BCUT2D eigenvalue weighted by Gasteiger charge is 2.15. The van der Waals surface area contributed by atoms with Gasteiger partial charge in [-0.2, -0.15) is 0 Å². The van der Waals surface area contributed by atoms with Gasteiger partial charge in [0.2, 0.25) is 5.91 Å². The van der Waals surface area contributed by atoms with Gasteiger partial charge in [0.15, 0.2) is 0 Å². The fourth-order valence-corrected chi connectivity index (χ4v) is 2.57. The van der Waals surface area contributed by atoms with Crippen LogP contribution < -0.4 is 10.2 Å². The number of aryl methyl sites for hydroxylation is 1. The molecule has 0 radical (unpaired) electrons. The van der Waals surface area contributed by atoms with Gasteiger partial charge in [-0.1, -0.05) is 18.2 Å². The largest absolute Gasteiger partial charge is 0.369 e. The Bertz CT molecular complexity index is 570. The number of carbonyl (C=O) groups excluding carboxylic acids is 1. The summed E-state index contributed by atoms with van der Waals surface area (Å²) in [5.41, 5.74) is 3.29. The lowest BCUT2D eigenvalue weighted by atomic mass is 10.1. The number of hydrogen-bond acceptors (Lipinski definition) is 3. The lowest BCUT2D eigenvalue weighted by Gasteiger charge is -2.35. The van der Waals surface area contributed by atoms with Crippen LogP contribution in [-0.4, -0.2) is 44.0 Å². The maximum Gasteiger partial charge on any atom is 0.248 e. The number of likely N-dealkylation sites (N-methyl/N-ethyl adjacent to an activating group) is 1. The van der Waals surface area contributed by atoms with E-state index in [-0.39, 0.29) is 5.91 Å². The standard InChI is InChI=1S/C18H25N3O/c1-4-5-6-7-18(22)19-16-8-9-17(15(2)14-16)21-12-10-20(3)11-13-21/h4-9,14H,10-13H2,1-3H3,(H,19,22). The number of amides is 1. The normalized spacial score (nSPS) is 16.6. The van der Waals surface area contributed by atoms with Gasteiger partial charge >= 0.3 is 0 Å². The maximum absolute atomic E-state index is 11.8. The van der Waals surface area contributed by atoms with Crippen LogP contribution in [0.1, 0.15) is 12.5 Å². The van der Waals surface area contributed by atoms with E-state index in [1.165, 1.54) is 17.3 Å². The van der Waals surface area contributed by atoms with Gasteiger partial charge in [0, 0.05) is 43.6 Å². The van der Waals surface area contributed by atoms with Gasteiger partial charge < -0.3 is 15.1 Å². The summed E-state index contributed by atoms with van der Waals surface area (Å²) in [6.45, 7) is 8.30. The molecule has 1 aliphatic heterocycles. The van der Waals surface area contributed by atoms with Crippen molar-refractivity contribution < 1.29 is 4.79 Å². The van der Waals surface area contributed by atoms with Gasteiger partial charge in [0.1, 0.15) is 0 Å². The number of nitrogens with zero attached hydrogens (tertiary/aromatic N) is 2. The lowest BCUT2D eigenvalue weighted by molar-refractivity contribution is -0.111. The molecule has 1 heterocycles. The van der Waals surface area contributed by atoms with Gasteiger partial charge in [-0.25, -0.2) is 0 Å². The Kier molecular flexibility index (Phi) is 5.78. The van der Waals surface area contributed by atoms with Crippen molar-refractivity contribution in [3.8, 4) is 0 Å². The molecule has 0 spiro atoms. The summed E-state index contributed by atoms with van der Waals surface area (Å²) >= 11 is 0. The molecule has 1 aliphatic rings. The summed E-state index contributed by atoms with van der Waals surface area (Å²) in [5.74, 6) is -0.107. The van der Waals surface area contributed by atoms with E-state index in [9.17, 15) is 4.79 Å². The second-order valence-corrected chi connectivity index (χ2v) is 5.67. The summed E-state index contributed by atoms with van der Waals surface area (Å²) in [6.07, 6.45) is 6.99. The molecule has 4 heteroatoms. The fourth-order valence-electron chi connectivity index (χ4n) is 2.57. The molecule has 1 amide bonds. The number of rotatable bonds is 4. The zero-order valence-electron chi connectivity index (χ0n) is 13.7. The average molecular weight is 299 g/mol. The predicted octanol–water partition coefficient (Wildman–Crippen LogP) is 2.82. The Morgan fingerprint density at radius 1 is 1.18 bits per heavy atom. The molecule has 2 rings (SSSR count). The Hall–Kier alpha value is -2.07. The minimum atomic E-state index is -0.107. The molecule has 1 N–H and O–H groups in total. The molecule has 1 aromatic carbocycles. The molecule has 1 saturated heterocycles. The Morgan fingerprint density at radius 3 is 2.55 bits per heavy atom. The molecule has 1 aromatic rings. The maximum atomic E-state index is 11.8. The summed E-state index contributed by atoms with van der Waals surface area (Å²) in [6, 6.07) is 6.11. The van der Waals surface area contributed by atoms with Crippen molar-refractivity contribution in [1.29, 1.82) is 0 Å². The van der Waals surface area contributed by atoms with Crippen molar-refractivity contribution in [2.24, 2.45) is 0 Å². The summed E-state index contributed by atoms with van der Waals surface area (Å²) < 4.78 is 0. The van der Waals surface area contributed by atoms with Gasteiger partial charge in [0.25, 0.3) is 0 Å². The van der Waals surface area contributed by atoms with Crippen LogP contribution in [0.2, 0.25) is 0 Å². The van der Waals surface area contributed by atoms with E-state index in [0.29, 0.717) is 0 Å². The number of nitrogens with one attached hydrogen (secondary N) is 1. The highest BCUT2D eigenvalue weighted by Crippen LogP contribution is 2.24. The zero-order chi connectivity index (χ0) is 15.9. The van der Waals surface area contributed by atoms with Crippen molar-refractivity contribution in [3.63, 3.8) is 0 Å². The van der Waals surface area contributed by atoms with Crippen LogP contribution >= 0.6 is 0 Å². The van der Waals surface area contributed by atoms with Gasteiger partial charge in [-0.05, 0) is 44.7 Å². The molecule has 0 aromatic heterocycles. The van der Waals surface area contributed by atoms with Gasteiger partial charge in [-0.15, -0.1) is 0 Å². The third-order valence-electron chi connectivity index (χ3n) is 3.86. The van der Waals surface area contributed by atoms with Crippen molar-refractivity contribution in [1.82, 2.24) is 4.90 Å². The van der Waals surface area contributed by atoms with Crippen molar-refractivity contribution in [2.45, 2.75) is 13.8 Å². The van der Waals surface area contributed by atoms with Crippen LogP contribution in [0, 0.1) is 6.92 Å². The van der Waals surface area contributed by atoms with E-state index in [1.807, 2.05) is 31.2 Å². The Balaban J connectivity index is 2.01. The van der Waals surface area contributed by atoms with Crippen LogP contribution in [0.5, 0.6) is 0 Å². The first kappa shape index (κ1) is 16.3. The topological polar surface area (TPSA) is 35.6 Å². The third-order valence-corrected chi connectivity index (χ3v) is 3.86. The Labute approximate surface area is 133 Å². The highest BCUT2D eigenvalue weighted by atomic mass is 16.1. The quantitative estimate of drug-likeness (QED) is 0.686. The first-order valence-corrected chi connectivity index (χ1v) is 7.74. The van der Waals surface area contributed by atoms with E-state index >= 15 is 0 Å². The zero-order valence-corrected chi connectivity index (χ0v) is 13.7. The molecule has 4 nitrogen and oxygen atoms in total. The SMILES string of the molecule is CC=CC=CC(=O)Nc1ccc(N2CCN(C)CC2)c(C)c1. The van der Waals surface area contributed by atoms with E-state index in [0.717, 1.165) is 31.9 Å². The number of hydrogen-bond donors (Lipinski definition) is 1. The van der Waals surface area contributed by atoms with Crippen LogP contribution in [0.4, 0.5) is 11.4 Å². The molecule has 0 saturated carbocycles.